The Morgan fingerprint density at radius 2 is 2.00 bits per heavy atom. The molecule has 13 heavy (non-hydrogen) atoms. The summed E-state index contributed by atoms with van der Waals surface area (Å²) in [5.74, 6) is -0.414. The van der Waals surface area contributed by atoms with Crippen LogP contribution in [0.3, 0.4) is 0 Å². The zero-order valence-corrected chi connectivity index (χ0v) is 6.89. The van der Waals surface area contributed by atoms with Gasteiger partial charge in [0.15, 0.2) is 0 Å². The van der Waals surface area contributed by atoms with Gasteiger partial charge in [0.1, 0.15) is 5.75 Å². The highest BCUT2D eigenvalue weighted by molar-refractivity contribution is 5.28. The molecule has 0 saturated carbocycles. The van der Waals surface area contributed by atoms with E-state index in [0.717, 1.165) is 0 Å². The van der Waals surface area contributed by atoms with E-state index in [1.165, 1.54) is 12.1 Å². The smallest absolute Gasteiger partial charge is 0.394 e. The van der Waals surface area contributed by atoms with Crippen LogP contribution in [-0.4, -0.2) is 16.3 Å². The minimum Gasteiger partial charge on any atom is -0.506 e. The van der Waals surface area contributed by atoms with Crippen molar-refractivity contribution in [2.75, 3.05) is 0 Å². The second-order valence-corrected chi connectivity index (χ2v) is 2.71. The maximum Gasteiger partial charge on any atom is 0.394 e. The first-order chi connectivity index (χ1) is 5.88. The number of rotatable bonds is 1. The molecule has 0 fully saturated rings. The van der Waals surface area contributed by atoms with E-state index in [9.17, 15) is 13.2 Å². The third-order valence-corrected chi connectivity index (χ3v) is 1.46. The van der Waals surface area contributed by atoms with Crippen LogP contribution >= 0.6 is 0 Å². The first kappa shape index (κ1) is 9.83. The van der Waals surface area contributed by atoms with Crippen molar-refractivity contribution in [1.29, 1.82) is 0 Å². The lowest BCUT2D eigenvalue weighted by Gasteiger charge is -2.07. The lowest BCUT2D eigenvalue weighted by Crippen LogP contribution is -2.13. The highest BCUT2D eigenvalue weighted by atomic mass is 19.4. The molecule has 0 bridgehead atoms. The summed E-state index contributed by atoms with van der Waals surface area (Å²) >= 11 is 0. The molecule has 0 saturated heterocycles. The maximum absolute atomic E-state index is 11.9. The molecule has 5 heteroatoms. The molecule has 0 aromatic carbocycles. The molecule has 1 aromatic rings. The molecule has 0 aliphatic carbocycles. The van der Waals surface area contributed by atoms with Crippen molar-refractivity contribution in [3.63, 3.8) is 0 Å². The van der Waals surface area contributed by atoms with Crippen LogP contribution in [0.2, 0.25) is 0 Å². The number of hydrogen-bond acceptors (Lipinski definition) is 2. The Kier molecular flexibility index (Phi) is 2.45. The van der Waals surface area contributed by atoms with E-state index in [4.69, 9.17) is 5.11 Å². The summed E-state index contributed by atoms with van der Waals surface area (Å²) in [7, 11) is 0. The second kappa shape index (κ2) is 3.24. The first-order valence-electron chi connectivity index (χ1n) is 3.61. The summed E-state index contributed by atoms with van der Waals surface area (Å²) in [6.07, 6.45) is -5.53. The van der Waals surface area contributed by atoms with E-state index in [0.29, 0.717) is 5.69 Å². The number of halogens is 3. The highest BCUT2D eigenvalue weighted by Gasteiger charge is 2.29. The number of pyridine rings is 1. The molecule has 0 amide bonds. The van der Waals surface area contributed by atoms with Crippen molar-refractivity contribution < 1.29 is 18.3 Å². The highest BCUT2D eigenvalue weighted by Crippen LogP contribution is 2.25. The number of alkyl halides is 3. The van der Waals surface area contributed by atoms with Crippen LogP contribution in [0.15, 0.2) is 12.1 Å². The standard InChI is InChI=1S/C8H8F3NO/c1-5-2-3-7(13)6(12-5)4-8(9,10)11/h2-3,13H,4H2,1H3. The molecule has 0 atom stereocenters. The first-order valence-corrected chi connectivity index (χ1v) is 3.61. The van der Waals surface area contributed by atoms with E-state index in [1.807, 2.05) is 0 Å². The fourth-order valence-electron chi connectivity index (χ4n) is 0.923. The van der Waals surface area contributed by atoms with Crippen LogP contribution in [0.5, 0.6) is 5.75 Å². The van der Waals surface area contributed by atoms with Gasteiger partial charge in [-0.05, 0) is 19.1 Å². The second-order valence-electron chi connectivity index (χ2n) is 2.71. The topological polar surface area (TPSA) is 33.1 Å². The molecule has 1 aromatic heterocycles. The Bertz CT molecular complexity index is 309. The molecule has 0 spiro atoms. The van der Waals surface area contributed by atoms with Gasteiger partial charge >= 0.3 is 6.18 Å². The van der Waals surface area contributed by atoms with Crippen molar-refractivity contribution >= 4 is 0 Å². The van der Waals surface area contributed by atoms with Crippen molar-refractivity contribution in [2.45, 2.75) is 19.5 Å². The Labute approximate surface area is 73.0 Å². The molecule has 1 rings (SSSR count). The number of aromatic hydroxyl groups is 1. The third kappa shape index (κ3) is 2.93. The van der Waals surface area contributed by atoms with Gasteiger partial charge in [-0.3, -0.25) is 4.98 Å². The molecule has 0 aliphatic rings. The molecular weight excluding hydrogens is 183 g/mol. The Balaban J connectivity index is 2.94. The number of aryl methyl sites for hydroxylation is 1. The Morgan fingerprint density at radius 3 is 2.54 bits per heavy atom. The van der Waals surface area contributed by atoms with Crippen molar-refractivity contribution in [3.8, 4) is 5.75 Å². The summed E-state index contributed by atoms with van der Waals surface area (Å²) in [5.41, 5.74) is 0.129. The molecule has 1 heterocycles. The van der Waals surface area contributed by atoms with Crippen LogP contribution in [-0.2, 0) is 6.42 Å². The van der Waals surface area contributed by atoms with Crippen molar-refractivity contribution in [1.82, 2.24) is 4.98 Å². The number of hydrogen-bond donors (Lipinski definition) is 1. The predicted molar refractivity (Wildman–Crippen MR) is 40.4 cm³/mol. The molecule has 72 valence electrons. The average molecular weight is 191 g/mol. The van der Waals surface area contributed by atoms with Crippen LogP contribution in [0, 0.1) is 6.92 Å². The van der Waals surface area contributed by atoms with E-state index in [1.54, 1.807) is 6.92 Å². The SMILES string of the molecule is Cc1ccc(O)c(CC(F)(F)F)n1. The number of nitrogens with zero attached hydrogens (tertiary/aromatic N) is 1. The zero-order chi connectivity index (χ0) is 10.1. The Morgan fingerprint density at radius 1 is 1.38 bits per heavy atom. The minimum absolute atomic E-state index is 0.326. The van der Waals surface area contributed by atoms with E-state index < -0.39 is 18.3 Å². The summed E-state index contributed by atoms with van der Waals surface area (Å²) in [4.78, 5) is 3.59. The van der Waals surface area contributed by atoms with Crippen molar-refractivity contribution in [3.05, 3.63) is 23.5 Å². The van der Waals surface area contributed by atoms with Crippen LogP contribution in [0.4, 0.5) is 13.2 Å². The lowest BCUT2D eigenvalue weighted by molar-refractivity contribution is -0.128. The Hall–Kier alpha value is -1.26. The molecular formula is C8H8F3NO. The van der Waals surface area contributed by atoms with Crippen LogP contribution in [0.1, 0.15) is 11.4 Å². The molecule has 0 radical (unpaired) electrons. The van der Waals surface area contributed by atoms with Gasteiger partial charge in [0.25, 0.3) is 0 Å². The summed E-state index contributed by atoms with van der Waals surface area (Å²) < 4.78 is 35.7. The normalized spacial score (nSPS) is 11.7. The van der Waals surface area contributed by atoms with Gasteiger partial charge in [0.2, 0.25) is 0 Å². The monoisotopic (exact) mass is 191 g/mol. The van der Waals surface area contributed by atoms with Gasteiger partial charge in [-0.1, -0.05) is 0 Å². The molecule has 0 unspecified atom stereocenters. The molecule has 1 N–H and O–H groups in total. The lowest BCUT2D eigenvalue weighted by atomic mass is 10.2. The van der Waals surface area contributed by atoms with Crippen LogP contribution in [0.25, 0.3) is 0 Å². The van der Waals surface area contributed by atoms with E-state index in [2.05, 4.69) is 4.98 Å². The predicted octanol–water partition coefficient (Wildman–Crippen LogP) is 2.20. The van der Waals surface area contributed by atoms with Gasteiger partial charge in [-0.25, -0.2) is 0 Å². The van der Waals surface area contributed by atoms with Gasteiger partial charge < -0.3 is 5.11 Å². The summed E-state index contributed by atoms with van der Waals surface area (Å²) in [6, 6.07) is 2.67. The van der Waals surface area contributed by atoms with Crippen molar-refractivity contribution in [2.24, 2.45) is 0 Å². The fourth-order valence-corrected chi connectivity index (χ4v) is 0.923. The van der Waals surface area contributed by atoms with Gasteiger partial charge in [-0.15, -0.1) is 0 Å². The summed E-state index contributed by atoms with van der Waals surface area (Å²) in [6.45, 7) is 1.57. The van der Waals surface area contributed by atoms with Gasteiger partial charge in [0, 0.05) is 5.69 Å². The largest absolute Gasteiger partial charge is 0.506 e. The van der Waals surface area contributed by atoms with Gasteiger partial charge in [-0.2, -0.15) is 13.2 Å². The zero-order valence-electron chi connectivity index (χ0n) is 6.89. The molecule has 0 aliphatic heterocycles. The average Bonchev–Trinajstić information content (AvgIpc) is 1.94. The molecule has 2 nitrogen and oxygen atoms in total. The van der Waals surface area contributed by atoms with E-state index in [-0.39, 0.29) is 5.69 Å². The van der Waals surface area contributed by atoms with Gasteiger partial charge in [0.05, 0.1) is 12.1 Å². The van der Waals surface area contributed by atoms with Crippen LogP contribution < -0.4 is 0 Å². The third-order valence-electron chi connectivity index (χ3n) is 1.46. The maximum atomic E-state index is 11.9. The number of aromatic nitrogens is 1. The quantitative estimate of drug-likeness (QED) is 0.738. The van der Waals surface area contributed by atoms with E-state index >= 15 is 0 Å². The fraction of sp³-hybridized carbons (Fsp3) is 0.375. The summed E-state index contributed by atoms with van der Waals surface area (Å²) in [5, 5.41) is 9.04. The minimum atomic E-state index is -4.34.